The predicted octanol–water partition coefficient (Wildman–Crippen LogP) is 1.60. The van der Waals surface area contributed by atoms with E-state index in [-0.39, 0.29) is 6.54 Å². The molecule has 0 aliphatic carbocycles. The molecule has 0 N–H and O–H groups in total. The van der Waals surface area contributed by atoms with E-state index in [1.54, 1.807) is 34.0 Å². The normalized spacial score (nSPS) is 11.4. The molecule has 0 unspecified atom stereocenters. The molecule has 0 saturated carbocycles. The van der Waals surface area contributed by atoms with Crippen molar-refractivity contribution in [1.29, 1.82) is 0 Å². The summed E-state index contributed by atoms with van der Waals surface area (Å²) in [7, 11) is 2.85. The van der Waals surface area contributed by atoms with Crippen LogP contribution in [0.5, 0.6) is 0 Å². The van der Waals surface area contributed by atoms with Gasteiger partial charge in [0.05, 0.1) is 13.7 Å². The lowest BCUT2D eigenvalue weighted by Crippen LogP contribution is -2.38. The molecule has 1 amide bonds. The lowest BCUT2D eigenvalue weighted by molar-refractivity contribution is -0.134. The zero-order valence-corrected chi connectivity index (χ0v) is 12.3. The molecule has 0 radical (unpaired) electrons. The van der Waals surface area contributed by atoms with Gasteiger partial charge in [0.2, 0.25) is 0 Å². The average molecular weight is 273 g/mol. The molecule has 6 nitrogen and oxygen atoms in total. The first-order chi connectivity index (χ1) is 8.80. The van der Waals surface area contributed by atoms with Crippen LogP contribution in [0.2, 0.25) is 0 Å². The van der Waals surface area contributed by atoms with Crippen LogP contribution in [0.15, 0.2) is 12.2 Å². The van der Waals surface area contributed by atoms with Crippen molar-refractivity contribution in [2.45, 2.75) is 26.4 Å². The molecule has 0 saturated heterocycles. The summed E-state index contributed by atoms with van der Waals surface area (Å²) in [6, 6.07) is 0. The molecular formula is C13H23NO5. The van der Waals surface area contributed by atoms with Crippen LogP contribution in [0.3, 0.4) is 0 Å². The molecule has 6 heteroatoms. The summed E-state index contributed by atoms with van der Waals surface area (Å²) < 4.78 is 14.7. The van der Waals surface area contributed by atoms with Gasteiger partial charge < -0.3 is 19.1 Å². The quantitative estimate of drug-likeness (QED) is 0.543. The molecule has 0 atom stereocenters. The van der Waals surface area contributed by atoms with Gasteiger partial charge in [-0.2, -0.15) is 0 Å². The van der Waals surface area contributed by atoms with Crippen LogP contribution in [-0.2, 0) is 19.0 Å². The summed E-state index contributed by atoms with van der Waals surface area (Å²) in [6.45, 7) is 6.42. The molecule has 0 fully saturated rings. The minimum Gasteiger partial charge on any atom is -0.466 e. The predicted molar refractivity (Wildman–Crippen MR) is 70.8 cm³/mol. The topological polar surface area (TPSA) is 65.1 Å². The van der Waals surface area contributed by atoms with Gasteiger partial charge in [-0.15, -0.1) is 0 Å². The number of esters is 1. The smallest absolute Gasteiger partial charge is 0.410 e. The third-order valence-corrected chi connectivity index (χ3v) is 2.00. The lowest BCUT2D eigenvalue weighted by Gasteiger charge is -2.26. The van der Waals surface area contributed by atoms with E-state index in [4.69, 9.17) is 9.47 Å². The van der Waals surface area contributed by atoms with E-state index in [1.807, 2.05) is 0 Å². The van der Waals surface area contributed by atoms with Crippen LogP contribution < -0.4 is 0 Å². The fraction of sp³-hybridized carbons (Fsp3) is 0.692. The summed E-state index contributed by atoms with van der Waals surface area (Å²) in [5.41, 5.74) is -0.561. The standard InChI is InChI=1S/C13H23NO5/c1-13(2,3)19-12(16)14(9-10-17-4)8-6-7-11(15)18-5/h6-7H,8-10H2,1-5H3. The molecule has 0 aromatic heterocycles. The molecule has 0 spiro atoms. The third kappa shape index (κ3) is 9.07. The van der Waals surface area contributed by atoms with Crippen LogP contribution in [0.1, 0.15) is 20.8 Å². The fourth-order valence-electron chi connectivity index (χ4n) is 1.13. The van der Waals surface area contributed by atoms with Crippen LogP contribution >= 0.6 is 0 Å². The number of ether oxygens (including phenoxy) is 3. The van der Waals surface area contributed by atoms with Gasteiger partial charge in [-0.3, -0.25) is 0 Å². The highest BCUT2D eigenvalue weighted by atomic mass is 16.6. The van der Waals surface area contributed by atoms with Crippen LogP contribution in [-0.4, -0.2) is 56.5 Å². The molecular weight excluding hydrogens is 250 g/mol. The Bertz CT molecular complexity index is 319. The zero-order valence-electron chi connectivity index (χ0n) is 12.3. The molecule has 0 bridgehead atoms. The number of amides is 1. The Morgan fingerprint density at radius 3 is 2.32 bits per heavy atom. The van der Waals surface area contributed by atoms with E-state index >= 15 is 0 Å². The van der Waals surface area contributed by atoms with Crippen molar-refractivity contribution in [2.75, 3.05) is 33.9 Å². The van der Waals surface area contributed by atoms with E-state index in [1.165, 1.54) is 18.1 Å². The highest BCUT2D eigenvalue weighted by Gasteiger charge is 2.21. The van der Waals surface area contributed by atoms with Gasteiger partial charge in [-0.05, 0) is 20.8 Å². The maximum absolute atomic E-state index is 11.9. The first kappa shape index (κ1) is 17.4. The van der Waals surface area contributed by atoms with Crippen molar-refractivity contribution >= 4 is 12.1 Å². The molecule has 0 aromatic carbocycles. The molecule has 0 aromatic rings. The van der Waals surface area contributed by atoms with Crippen LogP contribution in [0.4, 0.5) is 4.79 Å². The van der Waals surface area contributed by atoms with E-state index < -0.39 is 17.7 Å². The minimum absolute atomic E-state index is 0.257. The second-order valence-electron chi connectivity index (χ2n) is 4.84. The maximum Gasteiger partial charge on any atom is 0.410 e. The van der Waals surface area contributed by atoms with Gasteiger partial charge in [0.25, 0.3) is 0 Å². The monoisotopic (exact) mass is 273 g/mol. The number of carbonyl (C=O) groups excluding carboxylic acids is 2. The summed E-state index contributed by atoms with van der Waals surface area (Å²) in [4.78, 5) is 24.3. The Labute approximate surface area is 114 Å². The second-order valence-corrected chi connectivity index (χ2v) is 4.84. The summed E-state index contributed by atoms with van der Waals surface area (Å²) in [6.07, 6.45) is 2.37. The first-order valence-corrected chi connectivity index (χ1v) is 6.01. The number of methoxy groups -OCH3 is 2. The zero-order chi connectivity index (χ0) is 14.9. The molecule has 19 heavy (non-hydrogen) atoms. The van der Waals surface area contributed by atoms with Crippen LogP contribution in [0, 0.1) is 0 Å². The summed E-state index contributed by atoms with van der Waals surface area (Å²) in [5, 5.41) is 0. The van der Waals surface area contributed by atoms with Gasteiger partial charge in [0, 0.05) is 26.3 Å². The number of hydrogen-bond donors (Lipinski definition) is 0. The average Bonchev–Trinajstić information content (AvgIpc) is 2.30. The van der Waals surface area contributed by atoms with Crippen molar-refractivity contribution < 1.29 is 23.8 Å². The van der Waals surface area contributed by atoms with Gasteiger partial charge in [0.15, 0.2) is 0 Å². The Hall–Kier alpha value is -1.56. The number of carbonyl (C=O) groups is 2. The van der Waals surface area contributed by atoms with E-state index in [9.17, 15) is 9.59 Å². The lowest BCUT2D eigenvalue weighted by atomic mass is 10.2. The minimum atomic E-state index is -0.561. The highest BCUT2D eigenvalue weighted by Crippen LogP contribution is 2.09. The summed E-state index contributed by atoms with van der Waals surface area (Å²) >= 11 is 0. The second kappa shape index (κ2) is 8.53. The van der Waals surface area contributed by atoms with Gasteiger partial charge in [0.1, 0.15) is 5.60 Å². The van der Waals surface area contributed by atoms with Gasteiger partial charge >= 0.3 is 12.1 Å². The van der Waals surface area contributed by atoms with Crippen molar-refractivity contribution in [3.63, 3.8) is 0 Å². The molecule has 0 aliphatic heterocycles. The SMILES string of the molecule is COCCN(CC=CC(=O)OC)C(=O)OC(C)(C)C. The third-order valence-electron chi connectivity index (χ3n) is 2.00. The first-order valence-electron chi connectivity index (χ1n) is 6.01. The molecule has 110 valence electrons. The van der Waals surface area contributed by atoms with Gasteiger partial charge in [-0.25, -0.2) is 9.59 Å². The maximum atomic E-state index is 11.9. The van der Waals surface area contributed by atoms with Crippen molar-refractivity contribution in [1.82, 2.24) is 4.90 Å². The Balaban J connectivity index is 4.49. The number of rotatable bonds is 6. The Morgan fingerprint density at radius 2 is 1.84 bits per heavy atom. The molecule has 0 heterocycles. The van der Waals surface area contributed by atoms with Crippen molar-refractivity contribution in [3.05, 3.63) is 12.2 Å². The van der Waals surface area contributed by atoms with Crippen LogP contribution in [0.25, 0.3) is 0 Å². The fourth-order valence-corrected chi connectivity index (χ4v) is 1.13. The van der Waals surface area contributed by atoms with Gasteiger partial charge in [-0.1, -0.05) is 6.08 Å². The number of hydrogen-bond acceptors (Lipinski definition) is 5. The largest absolute Gasteiger partial charge is 0.466 e. The van der Waals surface area contributed by atoms with E-state index in [0.717, 1.165) is 0 Å². The number of nitrogens with zero attached hydrogens (tertiary/aromatic N) is 1. The Morgan fingerprint density at radius 1 is 1.21 bits per heavy atom. The van der Waals surface area contributed by atoms with Crippen molar-refractivity contribution in [2.24, 2.45) is 0 Å². The van der Waals surface area contributed by atoms with E-state index in [2.05, 4.69) is 4.74 Å². The van der Waals surface area contributed by atoms with Crippen molar-refractivity contribution in [3.8, 4) is 0 Å². The highest BCUT2D eigenvalue weighted by molar-refractivity contribution is 5.81. The Kier molecular flexibility index (Phi) is 7.83. The molecule has 0 rings (SSSR count). The summed E-state index contributed by atoms with van der Waals surface area (Å²) in [5.74, 6) is -0.462. The van der Waals surface area contributed by atoms with E-state index in [0.29, 0.717) is 13.2 Å². The molecule has 0 aliphatic rings.